The number of methoxy groups -OCH3 is 2. The lowest BCUT2D eigenvalue weighted by Crippen LogP contribution is -2.69. The molecule has 5 heterocycles. The molecular formula is C23H26N2O4. The summed E-state index contributed by atoms with van der Waals surface area (Å²) in [4.78, 5) is 18.3. The standard InChI is InChI=1S/C23H26N2O4/c1-27-16-8-14-15(9-17(16)28-2)25-20(26)10-18-21-13-7-19-23(14,22(21)25)4-5-24(19)11-12(13)3-6-29-18/h3,8-9,13,18-19,21-22H,4-7,10-11H2,1-2H3/t13-,18-,19+,21-,22-,23+/m1/s1. The normalized spacial score (nSPS) is 41.0. The van der Waals surface area contributed by atoms with Crippen LogP contribution >= 0.6 is 0 Å². The summed E-state index contributed by atoms with van der Waals surface area (Å²) in [7, 11) is 3.36. The van der Waals surface area contributed by atoms with Gasteiger partial charge in [0.05, 0.1) is 45.1 Å². The summed E-state index contributed by atoms with van der Waals surface area (Å²) in [6.07, 6.45) is 5.11. The Labute approximate surface area is 170 Å². The number of amides is 1. The fourth-order valence-electron chi connectivity index (χ4n) is 7.87. The second-order valence-electron chi connectivity index (χ2n) is 9.48. The van der Waals surface area contributed by atoms with E-state index in [9.17, 15) is 4.79 Å². The van der Waals surface area contributed by atoms with Crippen molar-refractivity contribution in [3.05, 3.63) is 29.3 Å². The highest BCUT2D eigenvalue weighted by Crippen LogP contribution is 2.66. The molecule has 2 bridgehead atoms. The van der Waals surface area contributed by atoms with Crippen LogP contribution in [0.15, 0.2) is 23.8 Å². The van der Waals surface area contributed by atoms with Crippen molar-refractivity contribution in [1.29, 1.82) is 0 Å². The number of ether oxygens (including phenoxy) is 3. The van der Waals surface area contributed by atoms with Gasteiger partial charge in [0.1, 0.15) is 0 Å². The minimum atomic E-state index is -0.0242. The average Bonchev–Trinajstić information content (AvgIpc) is 3.20. The van der Waals surface area contributed by atoms with Gasteiger partial charge in [0.25, 0.3) is 0 Å². The van der Waals surface area contributed by atoms with E-state index in [-0.39, 0.29) is 23.5 Å². The molecule has 5 aliphatic heterocycles. The number of piperidine rings is 2. The van der Waals surface area contributed by atoms with Crippen LogP contribution in [-0.2, 0) is 14.9 Å². The molecule has 6 nitrogen and oxygen atoms in total. The Morgan fingerprint density at radius 1 is 1.21 bits per heavy atom. The van der Waals surface area contributed by atoms with Crippen LogP contribution in [0.3, 0.4) is 0 Å². The number of rotatable bonds is 2. The first-order chi connectivity index (χ1) is 14.2. The van der Waals surface area contributed by atoms with Crippen LogP contribution in [0.2, 0.25) is 0 Å². The summed E-state index contributed by atoms with van der Waals surface area (Å²) in [5.41, 5.74) is 3.85. The molecule has 1 saturated carbocycles. The number of nitrogens with zero attached hydrogens (tertiary/aromatic N) is 2. The first kappa shape index (κ1) is 16.7. The predicted molar refractivity (Wildman–Crippen MR) is 107 cm³/mol. The molecule has 6 heteroatoms. The zero-order valence-electron chi connectivity index (χ0n) is 16.9. The van der Waals surface area contributed by atoms with Crippen molar-refractivity contribution in [2.45, 2.75) is 42.9 Å². The average molecular weight is 394 g/mol. The van der Waals surface area contributed by atoms with E-state index in [1.165, 1.54) is 12.0 Å². The Bertz CT molecular complexity index is 974. The topological polar surface area (TPSA) is 51.2 Å². The van der Waals surface area contributed by atoms with Crippen LogP contribution in [0.4, 0.5) is 5.69 Å². The minimum absolute atomic E-state index is 0.0242. The van der Waals surface area contributed by atoms with Crippen LogP contribution in [0, 0.1) is 11.8 Å². The molecule has 3 saturated heterocycles. The second kappa shape index (κ2) is 5.35. The Morgan fingerprint density at radius 2 is 2.03 bits per heavy atom. The third kappa shape index (κ3) is 1.76. The largest absolute Gasteiger partial charge is 0.493 e. The third-order valence-corrected chi connectivity index (χ3v) is 8.81. The molecule has 6 atom stereocenters. The lowest BCUT2D eigenvalue weighted by Gasteiger charge is -2.58. The maximum Gasteiger partial charge on any atom is 0.229 e. The highest BCUT2D eigenvalue weighted by molar-refractivity contribution is 5.99. The van der Waals surface area contributed by atoms with Crippen LogP contribution in [0.5, 0.6) is 11.5 Å². The molecule has 1 aromatic carbocycles. The van der Waals surface area contributed by atoms with Crippen LogP contribution in [0.25, 0.3) is 0 Å². The summed E-state index contributed by atoms with van der Waals surface area (Å²) >= 11 is 0. The van der Waals surface area contributed by atoms with Crippen LogP contribution < -0.4 is 14.4 Å². The van der Waals surface area contributed by atoms with Crippen molar-refractivity contribution in [1.82, 2.24) is 4.90 Å². The number of benzene rings is 1. The number of carbonyl (C=O) groups excluding carboxylic acids is 1. The van der Waals surface area contributed by atoms with Gasteiger partial charge in [-0.3, -0.25) is 9.69 Å². The Kier molecular flexibility index (Phi) is 3.08. The Hall–Kier alpha value is -2.05. The molecule has 29 heavy (non-hydrogen) atoms. The molecule has 6 aliphatic rings. The molecule has 0 aromatic heterocycles. The summed E-state index contributed by atoms with van der Waals surface area (Å²) in [6, 6.07) is 4.87. The quantitative estimate of drug-likeness (QED) is 0.719. The van der Waals surface area contributed by atoms with Crippen molar-refractivity contribution >= 4 is 11.6 Å². The van der Waals surface area contributed by atoms with E-state index in [1.807, 2.05) is 6.07 Å². The molecule has 0 radical (unpaired) electrons. The van der Waals surface area contributed by atoms with Gasteiger partial charge in [0.2, 0.25) is 5.91 Å². The monoisotopic (exact) mass is 394 g/mol. The fraction of sp³-hybridized carbons (Fsp3) is 0.609. The summed E-state index contributed by atoms with van der Waals surface area (Å²) in [5, 5.41) is 0. The Morgan fingerprint density at radius 3 is 2.86 bits per heavy atom. The second-order valence-corrected chi connectivity index (χ2v) is 9.48. The van der Waals surface area contributed by atoms with E-state index in [0.29, 0.717) is 36.7 Å². The molecule has 152 valence electrons. The molecular weight excluding hydrogens is 368 g/mol. The van der Waals surface area contributed by atoms with Gasteiger partial charge in [0, 0.05) is 30.0 Å². The first-order valence-corrected chi connectivity index (χ1v) is 10.8. The van der Waals surface area contributed by atoms with E-state index in [4.69, 9.17) is 14.2 Å². The molecule has 0 unspecified atom stereocenters. The highest BCUT2D eigenvalue weighted by atomic mass is 16.5. The van der Waals surface area contributed by atoms with Gasteiger partial charge in [-0.15, -0.1) is 0 Å². The molecule has 1 amide bonds. The maximum absolute atomic E-state index is 13.5. The molecule has 7 rings (SSSR count). The lowest BCUT2D eigenvalue weighted by molar-refractivity contribution is -0.132. The summed E-state index contributed by atoms with van der Waals surface area (Å²) in [6.45, 7) is 2.80. The number of hydrogen-bond acceptors (Lipinski definition) is 5. The van der Waals surface area contributed by atoms with Gasteiger partial charge in [-0.25, -0.2) is 0 Å². The van der Waals surface area contributed by atoms with Gasteiger partial charge in [0.15, 0.2) is 11.5 Å². The smallest absolute Gasteiger partial charge is 0.229 e. The van der Waals surface area contributed by atoms with Gasteiger partial charge in [-0.1, -0.05) is 11.6 Å². The van der Waals surface area contributed by atoms with Gasteiger partial charge in [-0.05, 0) is 36.9 Å². The highest BCUT2D eigenvalue weighted by Gasteiger charge is 2.71. The summed E-state index contributed by atoms with van der Waals surface area (Å²) in [5.74, 6) is 2.57. The predicted octanol–water partition coefficient (Wildman–Crippen LogP) is 2.11. The van der Waals surface area contributed by atoms with Crippen LogP contribution in [-0.4, -0.2) is 62.9 Å². The first-order valence-electron chi connectivity index (χ1n) is 10.8. The SMILES string of the molecule is COc1cc2c(cc1OC)[C@]13CCN4CC5=CCO[C@@H]6CC(=O)N2[C@@H]1[C@@H]6[C@@H]5C[C@H]43. The number of carbonyl (C=O) groups is 1. The minimum Gasteiger partial charge on any atom is -0.493 e. The fourth-order valence-corrected chi connectivity index (χ4v) is 7.87. The molecule has 1 aliphatic carbocycles. The van der Waals surface area contributed by atoms with Gasteiger partial charge < -0.3 is 19.1 Å². The third-order valence-electron chi connectivity index (χ3n) is 8.81. The number of anilines is 1. The van der Waals surface area contributed by atoms with E-state index >= 15 is 0 Å². The van der Waals surface area contributed by atoms with Crippen LogP contribution in [0.1, 0.15) is 24.8 Å². The van der Waals surface area contributed by atoms with Crippen molar-refractivity contribution in [3.63, 3.8) is 0 Å². The number of hydrogen-bond donors (Lipinski definition) is 0. The van der Waals surface area contributed by atoms with Crippen molar-refractivity contribution in [2.24, 2.45) is 11.8 Å². The molecule has 4 fully saturated rings. The molecule has 1 spiro atoms. The molecule has 0 N–H and O–H groups in total. The van der Waals surface area contributed by atoms with E-state index in [1.54, 1.807) is 19.8 Å². The maximum atomic E-state index is 13.5. The molecule has 1 aromatic rings. The van der Waals surface area contributed by atoms with E-state index < -0.39 is 0 Å². The van der Waals surface area contributed by atoms with E-state index in [0.717, 1.165) is 30.9 Å². The summed E-state index contributed by atoms with van der Waals surface area (Å²) < 4.78 is 17.6. The zero-order chi connectivity index (χ0) is 19.5. The van der Waals surface area contributed by atoms with Gasteiger partial charge in [-0.2, -0.15) is 0 Å². The number of fused-ring (bicyclic) bond motifs is 2. The zero-order valence-corrected chi connectivity index (χ0v) is 16.9. The van der Waals surface area contributed by atoms with Gasteiger partial charge >= 0.3 is 0 Å². The Balaban J connectivity index is 1.52. The van der Waals surface area contributed by atoms with Crippen molar-refractivity contribution in [3.8, 4) is 11.5 Å². The van der Waals surface area contributed by atoms with Crippen molar-refractivity contribution in [2.75, 3.05) is 38.8 Å². The van der Waals surface area contributed by atoms with Crippen molar-refractivity contribution < 1.29 is 19.0 Å². The van der Waals surface area contributed by atoms with E-state index in [2.05, 4.69) is 21.9 Å². The lowest BCUT2D eigenvalue weighted by atomic mass is 9.53.